The molecule has 15 nitrogen and oxygen atoms in total. The summed E-state index contributed by atoms with van der Waals surface area (Å²) < 4.78 is 34.1. The van der Waals surface area contributed by atoms with Gasteiger partial charge in [0.05, 0.1) is 6.61 Å². The normalized spacial score (nSPS) is 18.0. The van der Waals surface area contributed by atoms with Gasteiger partial charge in [0, 0.05) is 50.9 Å². The second-order valence-electron chi connectivity index (χ2n) is 23.1. The van der Waals surface area contributed by atoms with Crippen LogP contribution in [0.15, 0.2) is 0 Å². The highest BCUT2D eigenvalue weighted by Gasteiger charge is 2.25. The van der Waals surface area contributed by atoms with E-state index in [-0.39, 0.29) is 101 Å². The summed E-state index contributed by atoms with van der Waals surface area (Å²) in [5, 5.41) is 10.6. The molecule has 0 aromatic carbocycles. The van der Waals surface area contributed by atoms with Gasteiger partial charge >= 0.3 is 29.8 Å². The summed E-state index contributed by atoms with van der Waals surface area (Å²) in [7, 11) is 3.96. The van der Waals surface area contributed by atoms with Crippen LogP contribution >= 0.6 is 11.8 Å². The van der Waals surface area contributed by atoms with Crippen molar-refractivity contribution >= 4 is 46.8 Å². The van der Waals surface area contributed by atoms with Gasteiger partial charge in [0.1, 0.15) is 19.8 Å². The Morgan fingerprint density at radius 2 is 0.803 bits per heavy atom. The van der Waals surface area contributed by atoms with Crippen molar-refractivity contribution in [3.8, 4) is 0 Å². The van der Waals surface area contributed by atoms with Crippen molar-refractivity contribution in [3.05, 3.63) is 0 Å². The summed E-state index contributed by atoms with van der Waals surface area (Å²) in [5.74, 6) is 1.08. The first-order chi connectivity index (χ1) is 36.9. The number of aliphatic hydroxyl groups is 1. The Hall–Kier alpha value is -2.95. The van der Waals surface area contributed by atoms with Gasteiger partial charge in [0.15, 0.2) is 18.5 Å². The first-order valence-corrected chi connectivity index (χ1v) is 31.6. The monoisotopic (exact) mass is 1090 g/mol. The molecule has 4 aliphatic rings. The highest BCUT2D eigenvalue weighted by Crippen LogP contribution is 2.31. The van der Waals surface area contributed by atoms with Gasteiger partial charge in [-0.3, -0.25) is 28.8 Å². The maximum absolute atomic E-state index is 13.6. The van der Waals surface area contributed by atoms with Gasteiger partial charge in [-0.05, 0) is 115 Å². The molecule has 1 amide bonds. The number of hydrogen-bond acceptors (Lipinski definition) is 15. The topological polar surface area (TPSA) is 185 Å². The van der Waals surface area contributed by atoms with E-state index in [9.17, 15) is 33.9 Å². The molecule has 2 atom stereocenters. The zero-order valence-corrected chi connectivity index (χ0v) is 48.3. The van der Waals surface area contributed by atoms with Crippen molar-refractivity contribution in [2.24, 2.45) is 23.7 Å². The Morgan fingerprint density at radius 3 is 1.18 bits per heavy atom. The fourth-order valence-corrected chi connectivity index (χ4v) is 12.5. The number of ether oxygens (including phenoxy) is 6. The Labute approximate surface area is 462 Å². The minimum Gasteiger partial charge on any atom is -0.462 e. The van der Waals surface area contributed by atoms with E-state index in [1.54, 1.807) is 4.90 Å². The molecule has 0 aromatic heterocycles. The number of carbonyl (C=O) groups excluding carboxylic acids is 6. The number of nitrogens with zero attached hydrogens (tertiary/aromatic N) is 2. The molecule has 2 unspecified atom stereocenters. The lowest BCUT2D eigenvalue weighted by molar-refractivity contribution is -0.173. The van der Waals surface area contributed by atoms with E-state index in [1.807, 2.05) is 14.1 Å². The highest BCUT2D eigenvalue weighted by atomic mass is 32.2. The zero-order chi connectivity index (χ0) is 54.4. The number of carbonyl (C=O) groups is 6. The van der Waals surface area contributed by atoms with Crippen molar-refractivity contribution in [2.75, 3.05) is 65.9 Å². The van der Waals surface area contributed by atoms with Crippen molar-refractivity contribution in [1.29, 1.82) is 0 Å². The van der Waals surface area contributed by atoms with Gasteiger partial charge < -0.3 is 43.3 Å². The van der Waals surface area contributed by atoms with E-state index < -0.39 is 30.4 Å². The van der Waals surface area contributed by atoms with Crippen molar-refractivity contribution in [3.63, 3.8) is 0 Å². The minimum absolute atomic E-state index is 0.0207. The van der Waals surface area contributed by atoms with Crippen LogP contribution in [0.4, 0.5) is 4.79 Å². The summed E-state index contributed by atoms with van der Waals surface area (Å²) in [6.07, 6.45) is 31.7. The number of rotatable bonds is 39. The molecule has 0 aromatic rings. The van der Waals surface area contributed by atoms with Gasteiger partial charge in [-0.2, -0.15) is 0 Å². The SMILES string of the molecule is CN(C)CCCSC(=O)N(CCCC(=O)OC(COC(=O)CCCC1CCCCC1)COC(=O)CCCC1CCCCC1)CCCC(=O)OC(COC(=O)CCCC1CCCCC1)COC(O)CCCC1CCCCC1. The number of hydrogen-bond donors (Lipinski definition) is 1. The van der Waals surface area contributed by atoms with Gasteiger partial charge in [-0.25, -0.2) is 0 Å². The molecule has 438 valence electrons. The van der Waals surface area contributed by atoms with Crippen LogP contribution in [0.25, 0.3) is 0 Å². The van der Waals surface area contributed by atoms with E-state index >= 15 is 0 Å². The third-order valence-corrected chi connectivity index (χ3v) is 17.2. The van der Waals surface area contributed by atoms with Crippen LogP contribution in [0.5, 0.6) is 0 Å². The summed E-state index contributed by atoms with van der Waals surface area (Å²) in [5.41, 5.74) is 0. The molecule has 76 heavy (non-hydrogen) atoms. The maximum atomic E-state index is 13.6. The lowest BCUT2D eigenvalue weighted by atomic mass is 9.86. The van der Waals surface area contributed by atoms with Crippen LogP contribution in [0.3, 0.4) is 0 Å². The minimum atomic E-state index is -1.03. The molecule has 4 saturated carbocycles. The average molecular weight is 1090 g/mol. The average Bonchev–Trinajstić information content (AvgIpc) is 3.42. The second-order valence-corrected chi connectivity index (χ2v) is 24.2. The van der Waals surface area contributed by atoms with Crippen molar-refractivity contribution in [1.82, 2.24) is 9.80 Å². The number of esters is 5. The quantitative estimate of drug-likeness (QED) is 0.0265. The van der Waals surface area contributed by atoms with Gasteiger partial charge in [-0.1, -0.05) is 147 Å². The Balaban J connectivity index is 1.27. The first kappa shape index (κ1) is 65.6. The Morgan fingerprint density at radius 1 is 0.447 bits per heavy atom. The van der Waals surface area contributed by atoms with E-state index in [0.717, 1.165) is 64.3 Å². The summed E-state index contributed by atoms with van der Waals surface area (Å²) in [6, 6.07) is 0. The second kappa shape index (κ2) is 41.1. The Bertz CT molecular complexity index is 1550. The standard InChI is InChI=1S/C60H104N2O13S/c1-61(2)40-21-43-76-60(69)62(41-19-38-58(67)74-52(44-70-54(63)34-15-30-48-22-7-3-8-23-48)45-71-55(64)35-16-31-49-24-9-4-10-25-49)42-20-39-59(68)75-53(46-72-56(65)36-17-32-50-26-11-5-12-27-50)47-73-57(66)37-18-33-51-28-13-6-14-29-51/h48-54,63H,3-47H2,1-2H3. The van der Waals surface area contributed by atoms with Crippen molar-refractivity contribution in [2.45, 2.75) is 256 Å². The van der Waals surface area contributed by atoms with E-state index in [4.69, 9.17) is 28.4 Å². The van der Waals surface area contributed by atoms with Crippen LogP contribution in [0.2, 0.25) is 0 Å². The highest BCUT2D eigenvalue weighted by molar-refractivity contribution is 8.13. The van der Waals surface area contributed by atoms with Gasteiger partial charge in [0.25, 0.3) is 5.24 Å². The van der Waals surface area contributed by atoms with Crippen LogP contribution in [-0.2, 0) is 52.4 Å². The predicted molar refractivity (Wildman–Crippen MR) is 297 cm³/mol. The molecular formula is C60H104N2O13S. The van der Waals surface area contributed by atoms with Crippen molar-refractivity contribution < 1.29 is 62.3 Å². The molecule has 0 saturated heterocycles. The molecule has 16 heteroatoms. The molecular weight excluding hydrogens is 989 g/mol. The smallest absolute Gasteiger partial charge is 0.306 e. The van der Waals surface area contributed by atoms with E-state index in [0.29, 0.717) is 42.3 Å². The first-order valence-electron chi connectivity index (χ1n) is 30.6. The molecule has 1 N–H and O–H groups in total. The molecule has 0 aliphatic heterocycles. The third-order valence-electron chi connectivity index (χ3n) is 16.2. The summed E-state index contributed by atoms with van der Waals surface area (Å²) in [4.78, 5) is 82.5. The van der Waals surface area contributed by atoms with Crippen LogP contribution < -0.4 is 0 Å². The van der Waals surface area contributed by atoms with Gasteiger partial charge in [-0.15, -0.1) is 0 Å². The zero-order valence-electron chi connectivity index (χ0n) is 47.5. The molecule has 0 spiro atoms. The molecule has 4 aliphatic carbocycles. The third kappa shape index (κ3) is 32.2. The molecule has 0 radical (unpaired) electrons. The fraction of sp³-hybridized carbons (Fsp3) is 0.900. The van der Waals surface area contributed by atoms with Crippen LogP contribution in [0.1, 0.15) is 238 Å². The lowest BCUT2D eigenvalue weighted by Crippen LogP contribution is -2.33. The summed E-state index contributed by atoms with van der Waals surface area (Å²) in [6.45, 7) is 0.544. The largest absolute Gasteiger partial charge is 0.462 e. The van der Waals surface area contributed by atoms with Gasteiger partial charge in [0.2, 0.25) is 0 Å². The molecule has 0 bridgehead atoms. The molecule has 4 fully saturated rings. The van der Waals surface area contributed by atoms with E-state index in [1.165, 1.54) is 140 Å². The number of amides is 1. The Kier molecular flexibility index (Phi) is 35.5. The predicted octanol–water partition coefficient (Wildman–Crippen LogP) is 12.4. The van der Waals surface area contributed by atoms with Crippen LogP contribution in [-0.4, -0.2) is 134 Å². The molecule has 4 rings (SSSR count). The lowest BCUT2D eigenvalue weighted by Gasteiger charge is -2.24. The van der Waals surface area contributed by atoms with Crippen LogP contribution in [0, 0.1) is 23.7 Å². The molecule has 0 heterocycles. The number of aliphatic hydroxyl groups excluding tert-OH is 1. The summed E-state index contributed by atoms with van der Waals surface area (Å²) >= 11 is 1.20. The number of thioether (sulfide) groups is 1. The maximum Gasteiger partial charge on any atom is 0.306 e. The van der Waals surface area contributed by atoms with E-state index in [2.05, 4.69) is 4.90 Å². The fourth-order valence-electron chi connectivity index (χ4n) is 11.6.